The SMILES string of the molecule is Clc1cccc(COc2ccc(N3CCNCC3)cc2)c1. The molecule has 1 N–H and O–H groups in total. The van der Waals surface area contributed by atoms with Crippen LogP contribution in [0.2, 0.25) is 5.02 Å². The van der Waals surface area contributed by atoms with Crippen molar-refractivity contribution >= 4 is 17.3 Å². The highest BCUT2D eigenvalue weighted by Crippen LogP contribution is 2.21. The molecule has 0 atom stereocenters. The van der Waals surface area contributed by atoms with E-state index in [-0.39, 0.29) is 0 Å². The van der Waals surface area contributed by atoms with Gasteiger partial charge in [0.25, 0.3) is 0 Å². The van der Waals surface area contributed by atoms with E-state index in [0.717, 1.165) is 42.5 Å². The molecule has 0 amide bonds. The van der Waals surface area contributed by atoms with Crippen molar-refractivity contribution in [1.29, 1.82) is 0 Å². The predicted octanol–water partition coefficient (Wildman–Crippen LogP) is 3.33. The molecule has 2 aromatic rings. The summed E-state index contributed by atoms with van der Waals surface area (Å²) in [6.07, 6.45) is 0. The Morgan fingerprint density at radius 3 is 2.52 bits per heavy atom. The van der Waals surface area contributed by atoms with Crippen molar-refractivity contribution < 1.29 is 4.74 Å². The van der Waals surface area contributed by atoms with E-state index < -0.39 is 0 Å². The van der Waals surface area contributed by atoms with Crippen molar-refractivity contribution in [3.05, 3.63) is 59.1 Å². The maximum absolute atomic E-state index is 5.97. The molecule has 0 spiro atoms. The van der Waals surface area contributed by atoms with E-state index in [9.17, 15) is 0 Å². The van der Waals surface area contributed by atoms with Gasteiger partial charge in [0, 0.05) is 36.9 Å². The standard InChI is InChI=1S/C17H19ClN2O/c18-15-3-1-2-14(12-15)13-21-17-6-4-16(5-7-17)20-10-8-19-9-11-20/h1-7,12,19H,8-11,13H2. The van der Waals surface area contributed by atoms with Crippen molar-refractivity contribution in [2.45, 2.75) is 6.61 Å². The van der Waals surface area contributed by atoms with Crippen LogP contribution in [0, 0.1) is 0 Å². The number of benzene rings is 2. The highest BCUT2D eigenvalue weighted by atomic mass is 35.5. The molecule has 2 aromatic carbocycles. The quantitative estimate of drug-likeness (QED) is 0.937. The number of halogens is 1. The molecule has 0 aromatic heterocycles. The van der Waals surface area contributed by atoms with E-state index >= 15 is 0 Å². The third-order valence-corrected chi connectivity index (χ3v) is 3.85. The van der Waals surface area contributed by atoms with Gasteiger partial charge in [-0.2, -0.15) is 0 Å². The van der Waals surface area contributed by atoms with Crippen LogP contribution in [-0.4, -0.2) is 26.2 Å². The summed E-state index contributed by atoms with van der Waals surface area (Å²) in [6.45, 7) is 4.75. The third-order valence-electron chi connectivity index (χ3n) is 3.61. The second kappa shape index (κ2) is 6.83. The van der Waals surface area contributed by atoms with Gasteiger partial charge >= 0.3 is 0 Å². The topological polar surface area (TPSA) is 24.5 Å². The van der Waals surface area contributed by atoms with E-state index in [1.165, 1.54) is 5.69 Å². The van der Waals surface area contributed by atoms with Crippen LogP contribution < -0.4 is 15.0 Å². The maximum atomic E-state index is 5.97. The number of nitrogens with one attached hydrogen (secondary N) is 1. The van der Waals surface area contributed by atoms with Crippen molar-refractivity contribution in [2.24, 2.45) is 0 Å². The highest BCUT2D eigenvalue weighted by molar-refractivity contribution is 6.30. The van der Waals surface area contributed by atoms with Gasteiger partial charge in [-0.1, -0.05) is 23.7 Å². The lowest BCUT2D eigenvalue weighted by Gasteiger charge is -2.29. The fraction of sp³-hybridized carbons (Fsp3) is 0.294. The number of nitrogens with zero attached hydrogens (tertiary/aromatic N) is 1. The molecule has 0 unspecified atom stereocenters. The van der Waals surface area contributed by atoms with E-state index in [4.69, 9.17) is 16.3 Å². The van der Waals surface area contributed by atoms with Crippen LogP contribution in [0.5, 0.6) is 5.75 Å². The molecule has 21 heavy (non-hydrogen) atoms. The van der Waals surface area contributed by atoms with Crippen LogP contribution in [-0.2, 0) is 6.61 Å². The predicted molar refractivity (Wildman–Crippen MR) is 87.3 cm³/mol. The first-order valence-corrected chi connectivity index (χ1v) is 7.62. The monoisotopic (exact) mass is 302 g/mol. The second-order valence-corrected chi connectivity index (χ2v) is 5.59. The fourth-order valence-corrected chi connectivity index (χ4v) is 2.68. The van der Waals surface area contributed by atoms with Gasteiger partial charge in [0.15, 0.2) is 0 Å². The molecule has 1 aliphatic heterocycles. The Morgan fingerprint density at radius 1 is 1.05 bits per heavy atom. The largest absolute Gasteiger partial charge is 0.489 e. The molecule has 4 heteroatoms. The molecule has 0 saturated carbocycles. The minimum Gasteiger partial charge on any atom is -0.489 e. The Balaban J connectivity index is 1.59. The lowest BCUT2D eigenvalue weighted by molar-refractivity contribution is 0.306. The van der Waals surface area contributed by atoms with Gasteiger partial charge in [0.2, 0.25) is 0 Å². The first-order chi connectivity index (χ1) is 10.3. The van der Waals surface area contributed by atoms with Gasteiger partial charge in [-0.15, -0.1) is 0 Å². The number of rotatable bonds is 4. The van der Waals surface area contributed by atoms with Crippen molar-refractivity contribution in [1.82, 2.24) is 5.32 Å². The van der Waals surface area contributed by atoms with Gasteiger partial charge in [0.1, 0.15) is 12.4 Å². The zero-order chi connectivity index (χ0) is 14.5. The van der Waals surface area contributed by atoms with Gasteiger partial charge in [-0.25, -0.2) is 0 Å². The highest BCUT2D eigenvalue weighted by Gasteiger charge is 2.09. The van der Waals surface area contributed by atoms with Gasteiger partial charge in [-0.3, -0.25) is 0 Å². The zero-order valence-corrected chi connectivity index (χ0v) is 12.6. The van der Waals surface area contributed by atoms with E-state index in [0.29, 0.717) is 6.61 Å². The number of ether oxygens (including phenoxy) is 1. The summed E-state index contributed by atoms with van der Waals surface area (Å²) in [6, 6.07) is 16.1. The first kappa shape index (κ1) is 14.2. The lowest BCUT2D eigenvalue weighted by Crippen LogP contribution is -2.43. The minimum atomic E-state index is 0.535. The molecule has 3 nitrogen and oxygen atoms in total. The van der Waals surface area contributed by atoms with Crippen LogP contribution in [0.15, 0.2) is 48.5 Å². The fourth-order valence-electron chi connectivity index (χ4n) is 2.47. The Bertz CT molecular complexity index is 580. The average Bonchev–Trinajstić information content (AvgIpc) is 2.54. The number of piperazine rings is 1. The molecular formula is C17H19ClN2O. The molecule has 3 rings (SSSR count). The van der Waals surface area contributed by atoms with Gasteiger partial charge in [-0.05, 0) is 42.0 Å². The normalized spacial score (nSPS) is 15.0. The zero-order valence-electron chi connectivity index (χ0n) is 11.9. The van der Waals surface area contributed by atoms with Gasteiger partial charge < -0.3 is 15.0 Å². The molecule has 0 bridgehead atoms. The number of hydrogen-bond acceptors (Lipinski definition) is 3. The van der Waals surface area contributed by atoms with E-state index in [2.05, 4.69) is 22.3 Å². The Labute approximate surface area is 130 Å². The van der Waals surface area contributed by atoms with Crippen molar-refractivity contribution in [3.8, 4) is 5.75 Å². The summed E-state index contributed by atoms with van der Waals surface area (Å²) in [5.74, 6) is 0.883. The third kappa shape index (κ3) is 3.90. The smallest absolute Gasteiger partial charge is 0.119 e. The average molecular weight is 303 g/mol. The molecule has 110 valence electrons. The first-order valence-electron chi connectivity index (χ1n) is 7.24. The van der Waals surface area contributed by atoms with Crippen molar-refractivity contribution in [2.75, 3.05) is 31.1 Å². The lowest BCUT2D eigenvalue weighted by atomic mass is 10.2. The number of hydrogen-bond donors (Lipinski definition) is 1. The Hall–Kier alpha value is -1.71. The minimum absolute atomic E-state index is 0.535. The molecule has 0 radical (unpaired) electrons. The summed E-state index contributed by atoms with van der Waals surface area (Å²) in [5, 5.41) is 4.10. The summed E-state index contributed by atoms with van der Waals surface area (Å²) in [7, 11) is 0. The van der Waals surface area contributed by atoms with E-state index in [1.54, 1.807) is 0 Å². The van der Waals surface area contributed by atoms with E-state index in [1.807, 2.05) is 36.4 Å². The van der Waals surface area contributed by atoms with Crippen LogP contribution in [0.25, 0.3) is 0 Å². The molecule has 1 heterocycles. The second-order valence-electron chi connectivity index (χ2n) is 5.15. The molecule has 0 aliphatic carbocycles. The summed E-state index contributed by atoms with van der Waals surface area (Å²) >= 11 is 5.97. The molecule has 1 fully saturated rings. The molecule has 1 saturated heterocycles. The van der Waals surface area contributed by atoms with Gasteiger partial charge in [0.05, 0.1) is 0 Å². The van der Waals surface area contributed by atoms with Crippen LogP contribution in [0.1, 0.15) is 5.56 Å². The van der Waals surface area contributed by atoms with Crippen molar-refractivity contribution in [3.63, 3.8) is 0 Å². The van der Waals surface area contributed by atoms with Crippen LogP contribution in [0.3, 0.4) is 0 Å². The van der Waals surface area contributed by atoms with Crippen LogP contribution >= 0.6 is 11.6 Å². The maximum Gasteiger partial charge on any atom is 0.119 e. The summed E-state index contributed by atoms with van der Waals surface area (Å²) < 4.78 is 5.80. The Kier molecular flexibility index (Phi) is 4.63. The number of anilines is 1. The molecule has 1 aliphatic rings. The van der Waals surface area contributed by atoms with Crippen LogP contribution in [0.4, 0.5) is 5.69 Å². The summed E-state index contributed by atoms with van der Waals surface area (Å²) in [5.41, 5.74) is 2.33. The molecular weight excluding hydrogens is 284 g/mol. The Morgan fingerprint density at radius 2 is 1.81 bits per heavy atom. The summed E-state index contributed by atoms with van der Waals surface area (Å²) in [4.78, 5) is 2.39.